The molecule has 1 aliphatic rings. The van der Waals surface area contributed by atoms with Crippen molar-refractivity contribution in [1.82, 2.24) is 4.90 Å². The number of para-hydroxylation sites is 1. The number of anilines is 1. The van der Waals surface area contributed by atoms with Crippen molar-refractivity contribution >= 4 is 17.5 Å². The van der Waals surface area contributed by atoms with Crippen molar-refractivity contribution in [2.24, 2.45) is 5.73 Å². The molecular weight excluding hydrogens is 338 g/mol. The van der Waals surface area contributed by atoms with Gasteiger partial charge in [-0.2, -0.15) is 0 Å². The molecule has 0 radical (unpaired) electrons. The predicted octanol–water partition coefficient (Wildman–Crippen LogP) is 3.80. The number of carbonyl (C=O) groups excluding carboxylic acids is 2. The molecule has 0 saturated heterocycles. The van der Waals surface area contributed by atoms with Crippen molar-refractivity contribution in [2.45, 2.75) is 44.7 Å². The molecule has 0 aliphatic heterocycles. The zero-order valence-corrected chi connectivity index (χ0v) is 15.8. The van der Waals surface area contributed by atoms with E-state index in [-0.39, 0.29) is 5.91 Å². The highest BCUT2D eigenvalue weighted by Gasteiger charge is 2.19. The minimum atomic E-state index is -0.502. The van der Waals surface area contributed by atoms with Crippen molar-refractivity contribution in [1.29, 1.82) is 0 Å². The summed E-state index contributed by atoms with van der Waals surface area (Å²) in [5.74, 6) is -0.697. The molecule has 0 spiro atoms. The maximum absolute atomic E-state index is 12.6. The summed E-state index contributed by atoms with van der Waals surface area (Å²) in [7, 11) is 2.16. The number of nitrogens with zero attached hydrogens (tertiary/aromatic N) is 1. The van der Waals surface area contributed by atoms with E-state index in [4.69, 9.17) is 5.73 Å². The van der Waals surface area contributed by atoms with E-state index in [0.717, 1.165) is 17.8 Å². The first kappa shape index (κ1) is 19.1. The molecule has 1 fully saturated rings. The molecule has 0 atom stereocenters. The van der Waals surface area contributed by atoms with E-state index in [1.807, 2.05) is 18.2 Å². The molecule has 27 heavy (non-hydrogen) atoms. The van der Waals surface area contributed by atoms with E-state index in [1.54, 1.807) is 24.3 Å². The molecule has 2 amide bonds. The van der Waals surface area contributed by atoms with Crippen LogP contribution in [-0.2, 0) is 6.54 Å². The van der Waals surface area contributed by atoms with Gasteiger partial charge in [0.25, 0.3) is 5.91 Å². The number of nitrogens with two attached hydrogens (primary N) is 1. The topological polar surface area (TPSA) is 75.4 Å². The average molecular weight is 365 g/mol. The van der Waals surface area contributed by atoms with E-state index in [0.29, 0.717) is 17.2 Å². The highest BCUT2D eigenvalue weighted by atomic mass is 16.2. The second kappa shape index (κ2) is 8.82. The number of carbonyl (C=O) groups is 2. The Morgan fingerprint density at radius 1 is 1.00 bits per heavy atom. The van der Waals surface area contributed by atoms with Gasteiger partial charge in [0, 0.05) is 29.4 Å². The van der Waals surface area contributed by atoms with Crippen LogP contribution in [0.25, 0.3) is 0 Å². The van der Waals surface area contributed by atoms with Crippen molar-refractivity contribution < 1.29 is 9.59 Å². The van der Waals surface area contributed by atoms with Crippen LogP contribution in [0.1, 0.15) is 58.4 Å². The lowest BCUT2D eigenvalue weighted by Gasteiger charge is -2.31. The molecule has 3 N–H and O–H groups in total. The summed E-state index contributed by atoms with van der Waals surface area (Å²) >= 11 is 0. The Labute approximate surface area is 160 Å². The molecule has 0 unspecified atom stereocenters. The third-order valence-corrected chi connectivity index (χ3v) is 5.31. The molecule has 2 aromatic rings. The highest BCUT2D eigenvalue weighted by Crippen LogP contribution is 2.25. The van der Waals surface area contributed by atoms with Gasteiger partial charge in [0.15, 0.2) is 0 Å². The van der Waals surface area contributed by atoms with Gasteiger partial charge in [-0.15, -0.1) is 0 Å². The average Bonchev–Trinajstić information content (AvgIpc) is 2.70. The summed E-state index contributed by atoms with van der Waals surface area (Å²) in [5, 5.41) is 3.00. The molecule has 142 valence electrons. The Kier molecular flexibility index (Phi) is 6.24. The SMILES string of the molecule is CN(Cc1ccccc1NC(=O)c1ccc(C(N)=O)cc1)C1CCCCC1. The van der Waals surface area contributed by atoms with Crippen molar-refractivity contribution in [3.05, 3.63) is 65.2 Å². The lowest BCUT2D eigenvalue weighted by atomic mass is 9.94. The monoisotopic (exact) mass is 365 g/mol. The largest absolute Gasteiger partial charge is 0.366 e. The first-order valence-electron chi connectivity index (χ1n) is 9.54. The zero-order valence-electron chi connectivity index (χ0n) is 15.8. The number of nitrogens with one attached hydrogen (secondary N) is 1. The highest BCUT2D eigenvalue weighted by molar-refractivity contribution is 6.05. The standard InChI is InChI=1S/C22H27N3O2/c1-25(19-8-3-2-4-9-19)15-18-7-5-6-10-20(18)24-22(27)17-13-11-16(12-14-17)21(23)26/h5-7,10-14,19H,2-4,8-9,15H2,1H3,(H2,23,26)(H,24,27). The summed E-state index contributed by atoms with van der Waals surface area (Å²) in [6, 6.07) is 14.9. The van der Waals surface area contributed by atoms with Gasteiger partial charge in [0.2, 0.25) is 5.91 Å². The first-order chi connectivity index (χ1) is 13.0. The number of hydrogen-bond acceptors (Lipinski definition) is 3. The molecule has 0 aromatic heterocycles. The minimum Gasteiger partial charge on any atom is -0.366 e. The normalized spacial score (nSPS) is 14.9. The Morgan fingerprint density at radius 3 is 2.30 bits per heavy atom. The molecule has 0 heterocycles. The van der Waals surface area contributed by atoms with Crippen LogP contribution in [0.15, 0.2) is 48.5 Å². The van der Waals surface area contributed by atoms with Crippen LogP contribution in [0.2, 0.25) is 0 Å². The number of rotatable bonds is 6. The first-order valence-corrected chi connectivity index (χ1v) is 9.54. The lowest BCUT2D eigenvalue weighted by Crippen LogP contribution is -2.33. The van der Waals surface area contributed by atoms with Crippen LogP contribution in [0.5, 0.6) is 0 Å². The van der Waals surface area contributed by atoms with Crippen LogP contribution in [-0.4, -0.2) is 29.8 Å². The van der Waals surface area contributed by atoms with Gasteiger partial charge >= 0.3 is 0 Å². The molecule has 0 bridgehead atoms. The van der Waals surface area contributed by atoms with Crippen LogP contribution < -0.4 is 11.1 Å². The Morgan fingerprint density at radius 2 is 1.63 bits per heavy atom. The van der Waals surface area contributed by atoms with E-state index < -0.39 is 5.91 Å². The summed E-state index contributed by atoms with van der Waals surface area (Å²) in [4.78, 5) is 26.2. The summed E-state index contributed by atoms with van der Waals surface area (Å²) in [6.45, 7) is 0.807. The van der Waals surface area contributed by atoms with Crippen molar-refractivity contribution in [2.75, 3.05) is 12.4 Å². The molecule has 1 saturated carbocycles. The molecule has 1 aliphatic carbocycles. The van der Waals surface area contributed by atoms with Crippen LogP contribution in [0.3, 0.4) is 0 Å². The smallest absolute Gasteiger partial charge is 0.255 e. The lowest BCUT2D eigenvalue weighted by molar-refractivity contribution is 0.0995. The Bertz CT molecular complexity index is 795. The molecular formula is C22H27N3O2. The second-order valence-corrected chi connectivity index (χ2v) is 7.26. The fraction of sp³-hybridized carbons (Fsp3) is 0.364. The number of hydrogen-bond donors (Lipinski definition) is 2. The maximum atomic E-state index is 12.6. The van der Waals surface area contributed by atoms with E-state index in [9.17, 15) is 9.59 Å². The molecule has 3 rings (SSSR count). The summed E-state index contributed by atoms with van der Waals surface area (Å²) in [6.07, 6.45) is 6.43. The fourth-order valence-corrected chi connectivity index (χ4v) is 3.68. The number of benzene rings is 2. The Hall–Kier alpha value is -2.66. The van der Waals surface area contributed by atoms with E-state index >= 15 is 0 Å². The zero-order chi connectivity index (χ0) is 19.2. The molecule has 5 heteroatoms. The minimum absolute atomic E-state index is 0.196. The fourth-order valence-electron chi connectivity index (χ4n) is 3.68. The second-order valence-electron chi connectivity index (χ2n) is 7.26. The number of primary amides is 1. The van der Waals surface area contributed by atoms with Gasteiger partial charge in [0.1, 0.15) is 0 Å². The van der Waals surface area contributed by atoms with Crippen LogP contribution in [0, 0.1) is 0 Å². The number of amides is 2. The van der Waals surface area contributed by atoms with Gasteiger partial charge in [-0.05, 0) is 55.8 Å². The van der Waals surface area contributed by atoms with Gasteiger partial charge in [-0.1, -0.05) is 37.5 Å². The van der Waals surface area contributed by atoms with E-state index in [1.165, 1.54) is 32.1 Å². The van der Waals surface area contributed by atoms with Gasteiger partial charge < -0.3 is 11.1 Å². The molecule has 2 aromatic carbocycles. The van der Waals surface area contributed by atoms with Gasteiger partial charge in [0.05, 0.1) is 0 Å². The van der Waals surface area contributed by atoms with Gasteiger partial charge in [-0.25, -0.2) is 0 Å². The summed E-state index contributed by atoms with van der Waals surface area (Å²) < 4.78 is 0. The predicted molar refractivity (Wildman–Crippen MR) is 108 cm³/mol. The quantitative estimate of drug-likeness (QED) is 0.817. The van der Waals surface area contributed by atoms with E-state index in [2.05, 4.69) is 23.3 Å². The van der Waals surface area contributed by atoms with Gasteiger partial charge in [-0.3, -0.25) is 14.5 Å². The third kappa shape index (κ3) is 4.95. The maximum Gasteiger partial charge on any atom is 0.255 e. The van der Waals surface area contributed by atoms with Crippen LogP contribution in [0.4, 0.5) is 5.69 Å². The summed E-state index contributed by atoms with van der Waals surface area (Å²) in [5.41, 5.74) is 8.06. The molecule has 5 nitrogen and oxygen atoms in total. The van der Waals surface area contributed by atoms with Crippen LogP contribution >= 0.6 is 0 Å². The van der Waals surface area contributed by atoms with Crippen molar-refractivity contribution in [3.8, 4) is 0 Å². The van der Waals surface area contributed by atoms with Crippen molar-refractivity contribution in [3.63, 3.8) is 0 Å². The third-order valence-electron chi connectivity index (χ3n) is 5.31. The Balaban J connectivity index is 1.69.